The number of hydrogen-bond acceptors (Lipinski definition) is 5. The van der Waals surface area contributed by atoms with Gasteiger partial charge in [-0.1, -0.05) is 59.1 Å². The van der Waals surface area contributed by atoms with Crippen molar-refractivity contribution in [1.82, 2.24) is 25.2 Å². The van der Waals surface area contributed by atoms with Gasteiger partial charge in [-0.05, 0) is 67.3 Å². The molecule has 1 unspecified atom stereocenters. The summed E-state index contributed by atoms with van der Waals surface area (Å²) in [5.41, 5.74) is 6.28. The van der Waals surface area contributed by atoms with Gasteiger partial charge in [0.2, 0.25) is 0 Å². The van der Waals surface area contributed by atoms with Gasteiger partial charge in [0, 0.05) is 11.3 Å². The minimum atomic E-state index is 0.225. The zero-order valence-corrected chi connectivity index (χ0v) is 22.7. The van der Waals surface area contributed by atoms with E-state index in [0.717, 1.165) is 45.6 Å². The van der Waals surface area contributed by atoms with Crippen LogP contribution in [0.1, 0.15) is 22.7 Å². The van der Waals surface area contributed by atoms with E-state index in [0.29, 0.717) is 10.0 Å². The first-order valence-corrected chi connectivity index (χ1v) is 13.5. The van der Waals surface area contributed by atoms with Crippen LogP contribution >= 0.6 is 35.0 Å². The lowest BCUT2D eigenvalue weighted by atomic mass is 9.94. The maximum Gasteiger partial charge on any atom is 0.138 e. The van der Waals surface area contributed by atoms with Crippen LogP contribution in [0.4, 0.5) is 0 Å². The fourth-order valence-electron chi connectivity index (χ4n) is 4.21. The molecule has 0 spiro atoms. The molecule has 0 aliphatic carbocycles. The van der Waals surface area contributed by atoms with Crippen LogP contribution in [0.5, 0.6) is 5.75 Å². The van der Waals surface area contributed by atoms with Gasteiger partial charge in [-0.15, -0.1) is 16.9 Å². The molecule has 5 rings (SSSR count). The third-order valence-electron chi connectivity index (χ3n) is 6.09. The fraction of sp³-hybridized carbons (Fsp3) is 0.179. The molecular weight excluding hydrogens is 525 g/mol. The SMILES string of the molecule is COc1ccc(-n2nc(CC(CSc3cn[nH]n3)c3cccc(C)c3)cc2-c2ccc(Cl)c(Cl)c2)cc1. The van der Waals surface area contributed by atoms with Gasteiger partial charge in [0.1, 0.15) is 10.8 Å². The largest absolute Gasteiger partial charge is 0.497 e. The predicted molar refractivity (Wildman–Crippen MR) is 150 cm³/mol. The molecule has 0 bridgehead atoms. The number of nitrogens with one attached hydrogen (secondary N) is 1. The van der Waals surface area contributed by atoms with Crippen molar-refractivity contribution in [1.29, 1.82) is 0 Å². The maximum absolute atomic E-state index is 6.38. The Kier molecular flexibility index (Phi) is 7.84. The number of benzene rings is 3. The number of thioether (sulfide) groups is 1. The number of aromatic nitrogens is 5. The van der Waals surface area contributed by atoms with E-state index >= 15 is 0 Å². The molecule has 0 saturated carbocycles. The van der Waals surface area contributed by atoms with Crippen LogP contribution in [-0.2, 0) is 6.42 Å². The molecule has 5 aromatic rings. The summed E-state index contributed by atoms with van der Waals surface area (Å²) < 4.78 is 7.30. The van der Waals surface area contributed by atoms with Gasteiger partial charge in [0.15, 0.2) is 0 Å². The summed E-state index contributed by atoms with van der Waals surface area (Å²) in [5.74, 6) is 1.85. The van der Waals surface area contributed by atoms with Crippen molar-refractivity contribution >= 4 is 35.0 Å². The van der Waals surface area contributed by atoms with Gasteiger partial charge < -0.3 is 4.74 Å². The smallest absolute Gasteiger partial charge is 0.138 e. The second-order valence-corrected chi connectivity index (χ2v) is 10.5. The van der Waals surface area contributed by atoms with Gasteiger partial charge in [-0.3, -0.25) is 0 Å². The number of methoxy groups -OCH3 is 1. The number of H-pyrrole nitrogens is 1. The topological polar surface area (TPSA) is 68.6 Å². The summed E-state index contributed by atoms with van der Waals surface area (Å²) in [6.07, 6.45) is 2.50. The van der Waals surface area contributed by atoms with Gasteiger partial charge in [-0.2, -0.15) is 15.4 Å². The van der Waals surface area contributed by atoms with Crippen LogP contribution in [-0.4, -0.2) is 38.1 Å². The molecule has 2 heterocycles. The Balaban J connectivity index is 1.53. The Labute approximate surface area is 230 Å². The van der Waals surface area contributed by atoms with Crippen LogP contribution in [0.15, 0.2) is 84.0 Å². The summed E-state index contributed by atoms with van der Waals surface area (Å²) in [4.78, 5) is 0. The lowest BCUT2D eigenvalue weighted by Crippen LogP contribution is -2.08. The minimum Gasteiger partial charge on any atom is -0.497 e. The molecular formula is C28H25Cl2N5OS. The molecule has 1 N–H and O–H groups in total. The van der Waals surface area contributed by atoms with E-state index in [1.807, 2.05) is 47.1 Å². The van der Waals surface area contributed by atoms with Gasteiger partial charge >= 0.3 is 0 Å². The Bertz CT molecular complexity index is 1490. The zero-order valence-electron chi connectivity index (χ0n) is 20.4. The van der Waals surface area contributed by atoms with Crippen LogP contribution < -0.4 is 4.74 Å². The molecule has 2 aromatic heterocycles. The molecule has 0 radical (unpaired) electrons. The number of halogens is 2. The van der Waals surface area contributed by atoms with Crippen molar-refractivity contribution in [2.75, 3.05) is 12.9 Å². The van der Waals surface area contributed by atoms with Gasteiger partial charge in [-0.25, -0.2) is 4.68 Å². The lowest BCUT2D eigenvalue weighted by molar-refractivity contribution is 0.414. The van der Waals surface area contributed by atoms with E-state index in [1.54, 1.807) is 25.1 Å². The molecule has 0 aliphatic heterocycles. The predicted octanol–water partition coefficient (Wildman–Crippen LogP) is 7.40. The van der Waals surface area contributed by atoms with Crippen molar-refractivity contribution in [3.05, 3.63) is 106 Å². The zero-order chi connectivity index (χ0) is 25.8. The van der Waals surface area contributed by atoms with Crippen molar-refractivity contribution in [3.63, 3.8) is 0 Å². The van der Waals surface area contributed by atoms with Crippen molar-refractivity contribution in [3.8, 4) is 22.7 Å². The van der Waals surface area contributed by atoms with Crippen molar-refractivity contribution in [2.24, 2.45) is 0 Å². The van der Waals surface area contributed by atoms with E-state index in [-0.39, 0.29) is 5.92 Å². The summed E-state index contributed by atoms with van der Waals surface area (Å²) >= 11 is 14.3. The van der Waals surface area contributed by atoms with Crippen LogP contribution in [0.25, 0.3) is 16.9 Å². The van der Waals surface area contributed by atoms with Crippen LogP contribution in [0, 0.1) is 6.92 Å². The molecule has 3 aromatic carbocycles. The average Bonchev–Trinajstić information content (AvgIpc) is 3.58. The highest BCUT2D eigenvalue weighted by Gasteiger charge is 2.19. The molecule has 1 atom stereocenters. The Hall–Kier alpha value is -3.26. The number of nitrogens with zero attached hydrogens (tertiary/aromatic N) is 4. The van der Waals surface area contributed by atoms with E-state index in [4.69, 9.17) is 33.0 Å². The van der Waals surface area contributed by atoms with Gasteiger partial charge in [0.05, 0.1) is 40.4 Å². The Morgan fingerprint density at radius 3 is 2.54 bits per heavy atom. The summed E-state index contributed by atoms with van der Waals surface area (Å²) in [6, 6.07) is 24.3. The maximum atomic E-state index is 6.38. The van der Waals surface area contributed by atoms with Crippen LogP contribution in [0.3, 0.4) is 0 Å². The molecule has 9 heteroatoms. The third kappa shape index (κ3) is 6.01. The molecule has 0 amide bonds. The van der Waals surface area contributed by atoms with Crippen LogP contribution in [0.2, 0.25) is 10.0 Å². The molecule has 0 aliphatic rings. The summed E-state index contributed by atoms with van der Waals surface area (Å²) in [7, 11) is 1.66. The number of aryl methyl sites for hydroxylation is 1. The van der Waals surface area contributed by atoms with E-state index in [1.165, 1.54) is 11.1 Å². The first-order chi connectivity index (χ1) is 18.0. The van der Waals surface area contributed by atoms with E-state index < -0.39 is 0 Å². The van der Waals surface area contributed by atoms with Crippen molar-refractivity contribution in [2.45, 2.75) is 24.3 Å². The second-order valence-electron chi connectivity index (χ2n) is 8.69. The Morgan fingerprint density at radius 2 is 1.84 bits per heavy atom. The monoisotopic (exact) mass is 549 g/mol. The highest BCUT2D eigenvalue weighted by atomic mass is 35.5. The first kappa shape index (κ1) is 25.4. The lowest BCUT2D eigenvalue weighted by Gasteiger charge is -2.16. The first-order valence-electron chi connectivity index (χ1n) is 11.7. The highest BCUT2D eigenvalue weighted by molar-refractivity contribution is 7.99. The fourth-order valence-corrected chi connectivity index (χ4v) is 5.42. The average molecular weight is 551 g/mol. The number of aromatic amines is 1. The summed E-state index contributed by atoms with van der Waals surface area (Å²) in [6.45, 7) is 2.12. The molecule has 188 valence electrons. The van der Waals surface area contributed by atoms with E-state index in [9.17, 15) is 0 Å². The molecule has 0 saturated heterocycles. The summed E-state index contributed by atoms with van der Waals surface area (Å²) in [5, 5.41) is 17.8. The second kappa shape index (κ2) is 11.4. The quantitative estimate of drug-likeness (QED) is 0.194. The minimum absolute atomic E-state index is 0.225. The van der Waals surface area contributed by atoms with E-state index in [2.05, 4.69) is 52.7 Å². The number of rotatable bonds is 9. The van der Waals surface area contributed by atoms with Crippen molar-refractivity contribution < 1.29 is 4.74 Å². The highest BCUT2D eigenvalue weighted by Crippen LogP contribution is 2.33. The molecule has 6 nitrogen and oxygen atoms in total. The standard InChI is InChI=1S/C28H25Cl2N5OS/c1-18-4-3-5-19(12-18)21(17-37-28-16-31-34-32-28)13-22-15-27(20-6-11-25(29)26(30)14-20)35(33-22)23-7-9-24(36-2)10-8-23/h3-12,14-16,21H,13,17H2,1-2H3,(H,31,32,34). The third-order valence-corrected chi connectivity index (χ3v) is 7.89. The van der Waals surface area contributed by atoms with Gasteiger partial charge in [0.25, 0.3) is 0 Å². The molecule has 0 fully saturated rings. The number of hydrogen-bond donors (Lipinski definition) is 1. The number of ether oxygens (including phenoxy) is 1. The normalized spacial score (nSPS) is 12.0. The Morgan fingerprint density at radius 1 is 1.00 bits per heavy atom. The molecule has 37 heavy (non-hydrogen) atoms.